The Morgan fingerprint density at radius 2 is 1.96 bits per heavy atom. The minimum atomic E-state index is -1.21. The summed E-state index contributed by atoms with van der Waals surface area (Å²) in [5.41, 5.74) is 0.251. The normalized spacial score (nSPS) is 14.0. The van der Waals surface area contributed by atoms with Crippen molar-refractivity contribution in [3.05, 3.63) is 57.5 Å². The van der Waals surface area contributed by atoms with Gasteiger partial charge in [-0.2, -0.15) is 0 Å². The standard InChI is InChI=1S/C17H17N3O7/c21-16(18-10-11-4-5-14(27-11)17(22)23)12-2-1-3-13(20(24)25)15(12)19-6-8-26-9-7-19/h1-5H,6-10H2,(H,18,21)(H,22,23). The lowest BCUT2D eigenvalue weighted by atomic mass is 10.1. The Morgan fingerprint density at radius 3 is 2.59 bits per heavy atom. The third-order valence-corrected chi connectivity index (χ3v) is 4.08. The third kappa shape index (κ3) is 4.06. The number of carboxylic acid groups (broad SMARTS) is 1. The van der Waals surface area contributed by atoms with Crippen LogP contribution in [0.4, 0.5) is 11.4 Å². The molecule has 2 heterocycles. The number of carboxylic acids is 1. The second-order valence-electron chi connectivity index (χ2n) is 5.78. The van der Waals surface area contributed by atoms with Gasteiger partial charge in [0.15, 0.2) is 0 Å². The average molecular weight is 375 g/mol. The molecular weight excluding hydrogens is 358 g/mol. The predicted octanol–water partition coefficient (Wildman–Crippen LogP) is 1.65. The first kappa shape index (κ1) is 18.4. The molecule has 1 amide bonds. The molecule has 0 spiro atoms. The van der Waals surface area contributed by atoms with E-state index in [2.05, 4.69) is 5.32 Å². The van der Waals surface area contributed by atoms with E-state index in [1.807, 2.05) is 0 Å². The van der Waals surface area contributed by atoms with Crippen LogP contribution in [0.15, 0.2) is 34.7 Å². The first-order valence-corrected chi connectivity index (χ1v) is 8.17. The van der Waals surface area contributed by atoms with Gasteiger partial charge < -0.3 is 24.5 Å². The number of morpholine rings is 1. The zero-order chi connectivity index (χ0) is 19.4. The number of aromatic carboxylic acids is 1. The number of nitro benzene ring substituents is 1. The lowest BCUT2D eigenvalue weighted by Crippen LogP contribution is -2.38. The number of nitro groups is 1. The number of rotatable bonds is 6. The molecule has 10 heteroatoms. The number of furan rings is 1. The van der Waals surface area contributed by atoms with Crippen molar-refractivity contribution in [2.75, 3.05) is 31.2 Å². The van der Waals surface area contributed by atoms with Gasteiger partial charge in [-0.3, -0.25) is 14.9 Å². The summed E-state index contributed by atoms with van der Waals surface area (Å²) in [6.45, 7) is 1.66. The number of amides is 1. The van der Waals surface area contributed by atoms with E-state index in [1.54, 1.807) is 4.90 Å². The van der Waals surface area contributed by atoms with Crippen molar-refractivity contribution >= 4 is 23.3 Å². The molecular formula is C17H17N3O7. The number of benzene rings is 1. The summed E-state index contributed by atoms with van der Waals surface area (Å²) in [5.74, 6) is -1.70. The van der Waals surface area contributed by atoms with E-state index in [9.17, 15) is 19.7 Å². The highest BCUT2D eigenvalue weighted by Gasteiger charge is 2.27. The molecule has 2 aromatic rings. The molecule has 1 fully saturated rings. The molecule has 2 N–H and O–H groups in total. The Kier molecular flexibility index (Phi) is 5.36. The highest BCUT2D eigenvalue weighted by molar-refractivity contribution is 6.02. The molecule has 0 aliphatic carbocycles. The van der Waals surface area contributed by atoms with E-state index in [0.717, 1.165) is 0 Å². The Balaban J connectivity index is 1.83. The minimum Gasteiger partial charge on any atom is -0.475 e. The molecule has 1 aliphatic heterocycles. The molecule has 0 radical (unpaired) electrons. The van der Waals surface area contributed by atoms with Crippen molar-refractivity contribution in [1.29, 1.82) is 0 Å². The van der Waals surface area contributed by atoms with Crippen LogP contribution in [0.3, 0.4) is 0 Å². The van der Waals surface area contributed by atoms with Gasteiger partial charge in [-0.15, -0.1) is 0 Å². The number of carbonyl (C=O) groups excluding carboxylic acids is 1. The summed E-state index contributed by atoms with van der Waals surface area (Å²) >= 11 is 0. The van der Waals surface area contributed by atoms with Crippen LogP contribution in [0.5, 0.6) is 0 Å². The number of carbonyl (C=O) groups is 2. The van der Waals surface area contributed by atoms with Gasteiger partial charge in [0.05, 0.1) is 30.2 Å². The van der Waals surface area contributed by atoms with Gasteiger partial charge in [0.1, 0.15) is 11.4 Å². The van der Waals surface area contributed by atoms with Crippen LogP contribution in [-0.2, 0) is 11.3 Å². The smallest absolute Gasteiger partial charge is 0.371 e. The Labute approximate surface area is 153 Å². The van der Waals surface area contributed by atoms with E-state index >= 15 is 0 Å². The average Bonchev–Trinajstić information content (AvgIpc) is 3.15. The quantitative estimate of drug-likeness (QED) is 0.575. The highest BCUT2D eigenvalue weighted by Crippen LogP contribution is 2.32. The topological polar surface area (TPSA) is 135 Å². The van der Waals surface area contributed by atoms with Crippen molar-refractivity contribution in [2.45, 2.75) is 6.54 Å². The van der Waals surface area contributed by atoms with Crippen LogP contribution < -0.4 is 10.2 Å². The maximum Gasteiger partial charge on any atom is 0.371 e. The number of hydrogen-bond acceptors (Lipinski definition) is 7. The summed E-state index contributed by atoms with van der Waals surface area (Å²) in [7, 11) is 0. The van der Waals surface area contributed by atoms with Crippen molar-refractivity contribution < 1.29 is 28.8 Å². The fourth-order valence-corrected chi connectivity index (χ4v) is 2.83. The van der Waals surface area contributed by atoms with Gasteiger partial charge >= 0.3 is 5.97 Å². The van der Waals surface area contributed by atoms with E-state index in [4.69, 9.17) is 14.3 Å². The molecule has 0 unspecified atom stereocenters. The number of hydrogen-bond donors (Lipinski definition) is 2. The second kappa shape index (κ2) is 7.87. The SMILES string of the molecule is O=C(O)c1ccc(CNC(=O)c2cccc([N+](=O)[O-])c2N2CCOCC2)o1. The van der Waals surface area contributed by atoms with Crippen LogP contribution >= 0.6 is 0 Å². The van der Waals surface area contributed by atoms with Gasteiger partial charge in [0.2, 0.25) is 5.76 Å². The van der Waals surface area contributed by atoms with Gasteiger partial charge in [0, 0.05) is 19.2 Å². The molecule has 0 bridgehead atoms. The van der Waals surface area contributed by atoms with Gasteiger partial charge in [-0.05, 0) is 18.2 Å². The van der Waals surface area contributed by atoms with Crippen LogP contribution in [0.2, 0.25) is 0 Å². The fraction of sp³-hybridized carbons (Fsp3) is 0.294. The maximum atomic E-state index is 12.6. The molecule has 27 heavy (non-hydrogen) atoms. The van der Waals surface area contributed by atoms with Gasteiger partial charge in [0.25, 0.3) is 11.6 Å². The number of nitrogens with one attached hydrogen (secondary N) is 1. The summed E-state index contributed by atoms with van der Waals surface area (Å²) < 4.78 is 10.4. The molecule has 3 rings (SSSR count). The first-order valence-electron chi connectivity index (χ1n) is 8.17. The summed E-state index contributed by atoms with van der Waals surface area (Å²) in [6.07, 6.45) is 0. The zero-order valence-electron chi connectivity index (χ0n) is 14.2. The highest BCUT2D eigenvalue weighted by atomic mass is 16.6. The van der Waals surface area contributed by atoms with Crippen molar-refractivity contribution in [2.24, 2.45) is 0 Å². The molecule has 142 valence electrons. The number of ether oxygens (including phenoxy) is 1. The van der Waals surface area contributed by atoms with Gasteiger partial charge in [-0.25, -0.2) is 4.79 Å². The molecule has 0 atom stereocenters. The van der Waals surface area contributed by atoms with Crippen LogP contribution in [0.25, 0.3) is 0 Å². The monoisotopic (exact) mass is 375 g/mol. The predicted molar refractivity (Wildman–Crippen MR) is 93.0 cm³/mol. The van der Waals surface area contributed by atoms with E-state index in [-0.39, 0.29) is 35.0 Å². The summed E-state index contributed by atoms with van der Waals surface area (Å²) in [4.78, 5) is 36.1. The van der Waals surface area contributed by atoms with Crippen LogP contribution in [0.1, 0.15) is 26.7 Å². The van der Waals surface area contributed by atoms with Crippen molar-refractivity contribution in [1.82, 2.24) is 5.32 Å². The summed E-state index contributed by atoms with van der Waals surface area (Å²) in [6, 6.07) is 7.05. The molecule has 0 saturated carbocycles. The van der Waals surface area contributed by atoms with Crippen molar-refractivity contribution in [3.63, 3.8) is 0 Å². The Morgan fingerprint density at radius 1 is 1.22 bits per heavy atom. The van der Waals surface area contributed by atoms with E-state index in [1.165, 1.54) is 30.3 Å². The van der Waals surface area contributed by atoms with Crippen LogP contribution in [-0.4, -0.2) is 48.2 Å². The third-order valence-electron chi connectivity index (χ3n) is 4.08. The van der Waals surface area contributed by atoms with Crippen molar-refractivity contribution in [3.8, 4) is 0 Å². The molecule has 1 saturated heterocycles. The number of para-hydroxylation sites is 1. The lowest BCUT2D eigenvalue weighted by Gasteiger charge is -2.29. The molecule has 10 nitrogen and oxygen atoms in total. The second-order valence-corrected chi connectivity index (χ2v) is 5.78. The van der Waals surface area contributed by atoms with Crippen LogP contribution in [0, 0.1) is 10.1 Å². The van der Waals surface area contributed by atoms with E-state index in [0.29, 0.717) is 26.3 Å². The minimum absolute atomic E-state index is 0.0443. The zero-order valence-corrected chi connectivity index (χ0v) is 14.2. The molecule has 1 aromatic carbocycles. The Bertz CT molecular complexity index is 871. The summed E-state index contributed by atoms with van der Waals surface area (Å²) in [5, 5.41) is 22.9. The van der Waals surface area contributed by atoms with Gasteiger partial charge in [-0.1, -0.05) is 6.07 Å². The Hall–Kier alpha value is -3.40. The van der Waals surface area contributed by atoms with E-state index < -0.39 is 16.8 Å². The lowest BCUT2D eigenvalue weighted by molar-refractivity contribution is -0.384. The largest absolute Gasteiger partial charge is 0.475 e. The number of anilines is 1. The fourth-order valence-electron chi connectivity index (χ4n) is 2.83. The first-order chi connectivity index (χ1) is 13.0. The molecule has 1 aromatic heterocycles. The maximum absolute atomic E-state index is 12.6. The molecule has 1 aliphatic rings. The number of nitrogens with zero attached hydrogens (tertiary/aromatic N) is 2.